The SMILES string of the molecule is FC(F)(F)C(Br)c1cc(Br)c(Cl)c(Br)c1. The Morgan fingerprint density at radius 2 is 1.53 bits per heavy atom. The normalized spacial score (nSPS) is 14.1. The molecule has 1 aromatic carbocycles. The zero-order valence-electron chi connectivity index (χ0n) is 6.88. The van der Waals surface area contributed by atoms with E-state index >= 15 is 0 Å². The molecule has 1 atom stereocenters. The smallest absolute Gasteiger partial charge is 0.169 e. The van der Waals surface area contributed by atoms with Crippen molar-refractivity contribution in [3.05, 3.63) is 31.7 Å². The first-order valence-corrected chi connectivity index (χ1v) is 6.46. The zero-order valence-corrected chi connectivity index (χ0v) is 12.4. The predicted octanol–water partition coefficient (Wildman–Crippen LogP) is 5.86. The third-order valence-electron chi connectivity index (χ3n) is 1.59. The summed E-state index contributed by atoms with van der Waals surface area (Å²) in [6.45, 7) is 0. The summed E-state index contributed by atoms with van der Waals surface area (Å²) in [7, 11) is 0. The summed E-state index contributed by atoms with van der Waals surface area (Å²) in [6, 6.07) is 2.67. The third kappa shape index (κ3) is 3.35. The second kappa shape index (κ2) is 4.94. The fourth-order valence-corrected chi connectivity index (χ4v) is 2.51. The molecule has 0 saturated heterocycles. The van der Waals surface area contributed by atoms with Crippen molar-refractivity contribution in [3.8, 4) is 0 Å². The maximum absolute atomic E-state index is 12.4. The van der Waals surface area contributed by atoms with E-state index in [4.69, 9.17) is 11.6 Å². The van der Waals surface area contributed by atoms with E-state index in [9.17, 15) is 13.2 Å². The molecule has 0 spiro atoms. The molecule has 0 aliphatic heterocycles. The quantitative estimate of drug-likeness (QED) is 0.386. The van der Waals surface area contributed by atoms with Crippen molar-refractivity contribution >= 4 is 59.4 Å². The van der Waals surface area contributed by atoms with Gasteiger partial charge in [0.1, 0.15) is 4.83 Å². The molecular weight excluding hydrogens is 428 g/mol. The van der Waals surface area contributed by atoms with Gasteiger partial charge in [0.25, 0.3) is 0 Å². The first-order chi connectivity index (χ1) is 6.73. The molecule has 0 amide bonds. The summed E-state index contributed by atoms with van der Waals surface area (Å²) >= 11 is 14.5. The molecule has 0 saturated carbocycles. The van der Waals surface area contributed by atoms with E-state index in [-0.39, 0.29) is 5.56 Å². The number of halogens is 7. The molecule has 0 fully saturated rings. The molecule has 0 nitrogen and oxygen atoms in total. The third-order valence-corrected chi connectivity index (χ3v) is 4.75. The van der Waals surface area contributed by atoms with Crippen LogP contribution in [0.3, 0.4) is 0 Å². The molecule has 0 aliphatic rings. The molecule has 0 bridgehead atoms. The Bertz CT molecular complexity index is 355. The summed E-state index contributed by atoms with van der Waals surface area (Å²) in [4.78, 5) is -1.70. The van der Waals surface area contributed by atoms with E-state index in [1.807, 2.05) is 0 Å². The van der Waals surface area contributed by atoms with E-state index in [0.29, 0.717) is 14.0 Å². The number of benzene rings is 1. The molecule has 0 N–H and O–H groups in total. The van der Waals surface area contributed by atoms with E-state index < -0.39 is 11.0 Å². The van der Waals surface area contributed by atoms with Crippen molar-refractivity contribution < 1.29 is 13.2 Å². The first kappa shape index (κ1) is 13.8. The van der Waals surface area contributed by atoms with Gasteiger partial charge in [-0.15, -0.1) is 0 Å². The number of rotatable bonds is 1. The van der Waals surface area contributed by atoms with Crippen LogP contribution in [0.15, 0.2) is 21.1 Å². The second-order valence-corrected chi connectivity index (χ2v) is 5.71. The Morgan fingerprint density at radius 3 is 1.87 bits per heavy atom. The predicted molar refractivity (Wildman–Crippen MR) is 64.6 cm³/mol. The number of alkyl halides is 4. The van der Waals surface area contributed by atoms with Gasteiger partial charge in [-0.1, -0.05) is 27.5 Å². The highest BCUT2D eigenvalue weighted by atomic mass is 79.9. The van der Waals surface area contributed by atoms with Crippen molar-refractivity contribution in [1.82, 2.24) is 0 Å². The summed E-state index contributed by atoms with van der Waals surface area (Å²) in [5.41, 5.74) is 0.0886. The van der Waals surface area contributed by atoms with Crippen molar-refractivity contribution in [1.29, 1.82) is 0 Å². The average Bonchev–Trinajstić information content (AvgIpc) is 2.10. The van der Waals surface area contributed by atoms with Gasteiger partial charge in [0.2, 0.25) is 0 Å². The van der Waals surface area contributed by atoms with Crippen LogP contribution in [-0.4, -0.2) is 6.18 Å². The first-order valence-electron chi connectivity index (χ1n) is 3.58. The summed E-state index contributed by atoms with van der Waals surface area (Å²) in [5, 5.41) is 0.348. The van der Waals surface area contributed by atoms with Crippen LogP contribution in [0.2, 0.25) is 5.02 Å². The minimum atomic E-state index is -4.33. The van der Waals surface area contributed by atoms with Gasteiger partial charge in [0.15, 0.2) is 0 Å². The van der Waals surface area contributed by atoms with Crippen molar-refractivity contribution in [2.45, 2.75) is 11.0 Å². The van der Waals surface area contributed by atoms with Crippen LogP contribution >= 0.6 is 59.4 Å². The van der Waals surface area contributed by atoms with Crippen LogP contribution in [0.1, 0.15) is 10.4 Å². The lowest BCUT2D eigenvalue weighted by atomic mass is 10.1. The van der Waals surface area contributed by atoms with Gasteiger partial charge < -0.3 is 0 Å². The van der Waals surface area contributed by atoms with E-state index in [1.54, 1.807) is 0 Å². The van der Waals surface area contributed by atoms with Crippen molar-refractivity contribution in [2.75, 3.05) is 0 Å². The molecule has 1 unspecified atom stereocenters. The monoisotopic (exact) mass is 428 g/mol. The summed E-state index contributed by atoms with van der Waals surface area (Å²) in [5.74, 6) is 0. The highest BCUT2D eigenvalue weighted by Crippen LogP contribution is 2.43. The van der Waals surface area contributed by atoms with Crippen LogP contribution < -0.4 is 0 Å². The standard InChI is InChI=1S/C8H3Br3ClF3/c9-4-1-3(2-5(10)6(4)12)7(11)8(13,14)15/h1-2,7H. The summed E-state index contributed by atoms with van der Waals surface area (Å²) < 4.78 is 38.0. The van der Waals surface area contributed by atoms with Gasteiger partial charge in [-0.25, -0.2) is 0 Å². The maximum Gasteiger partial charge on any atom is 0.405 e. The van der Waals surface area contributed by atoms with Crippen LogP contribution in [0, 0.1) is 0 Å². The van der Waals surface area contributed by atoms with Gasteiger partial charge in [-0.05, 0) is 49.6 Å². The van der Waals surface area contributed by atoms with Gasteiger partial charge in [-0.2, -0.15) is 13.2 Å². The second-order valence-electron chi connectivity index (χ2n) is 2.70. The molecule has 84 valence electrons. The van der Waals surface area contributed by atoms with Gasteiger partial charge in [0, 0.05) is 8.95 Å². The topological polar surface area (TPSA) is 0 Å². The molecular formula is C8H3Br3ClF3. The van der Waals surface area contributed by atoms with Gasteiger partial charge in [0.05, 0.1) is 5.02 Å². The lowest BCUT2D eigenvalue weighted by Crippen LogP contribution is -2.15. The highest BCUT2D eigenvalue weighted by molar-refractivity contribution is 9.11. The molecule has 0 radical (unpaired) electrons. The van der Waals surface area contributed by atoms with E-state index in [1.165, 1.54) is 12.1 Å². The Labute approximate surface area is 115 Å². The molecule has 0 aliphatic carbocycles. The van der Waals surface area contributed by atoms with E-state index in [2.05, 4.69) is 47.8 Å². The Kier molecular flexibility index (Phi) is 4.54. The van der Waals surface area contributed by atoms with Crippen LogP contribution in [0.4, 0.5) is 13.2 Å². The van der Waals surface area contributed by atoms with Crippen molar-refractivity contribution in [2.24, 2.45) is 0 Å². The van der Waals surface area contributed by atoms with Crippen molar-refractivity contribution in [3.63, 3.8) is 0 Å². The van der Waals surface area contributed by atoms with Gasteiger partial charge in [-0.3, -0.25) is 0 Å². The molecule has 1 rings (SSSR count). The molecule has 15 heavy (non-hydrogen) atoms. The van der Waals surface area contributed by atoms with Crippen LogP contribution in [0.5, 0.6) is 0 Å². The van der Waals surface area contributed by atoms with Gasteiger partial charge >= 0.3 is 6.18 Å². The minimum Gasteiger partial charge on any atom is -0.169 e. The summed E-state index contributed by atoms with van der Waals surface area (Å²) in [6.07, 6.45) is -4.33. The highest BCUT2D eigenvalue weighted by Gasteiger charge is 2.39. The maximum atomic E-state index is 12.4. The zero-order chi connectivity index (χ0) is 11.8. The molecule has 0 heterocycles. The molecule has 7 heteroatoms. The number of hydrogen-bond acceptors (Lipinski definition) is 0. The largest absolute Gasteiger partial charge is 0.405 e. The lowest BCUT2D eigenvalue weighted by molar-refractivity contribution is -0.128. The van der Waals surface area contributed by atoms with Crippen LogP contribution in [-0.2, 0) is 0 Å². The minimum absolute atomic E-state index is 0.0886. The Morgan fingerprint density at radius 1 is 1.13 bits per heavy atom. The fourth-order valence-electron chi connectivity index (χ4n) is 0.910. The van der Waals surface area contributed by atoms with E-state index in [0.717, 1.165) is 0 Å². The lowest BCUT2D eigenvalue weighted by Gasteiger charge is -2.15. The molecule has 0 aromatic heterocycles. The number of hydrogen-bond donors (Lipinski definition) is 0. The average molecular weight is 431 g/mol. The molecule has 1 aromatic rings. The fraction of sp³-hybridized carbons (Fsp3) is 0.250. The Balaban J connectivity index is 3.17. The Hall–Kier alpha value is 0.740. The van der Waals surface area contributed by atoms with Crippen LogP contribution in [0.25, 0.3) is 0 Å².